The highest BCUT2D eigenvalue weighted by Crippen LogP contribution is 2.29. The van der Waals surface area contributed by atoms with Crippen LogP contribution in [-0.4, -0.2) is 43.3 Å². The van der Waals surface area contributed by atoms with Gasteiger partial charge in [-0.15, -0.1) is 0 Å². The van der Waals surface area contributed by atoms with Crippen LogP contribution >= 0.6 is 0 Å². The number of ether oxygens (including phenoxy) is 2. The van der Waals surface area contributed by atoms with E-state index in [1.165, 1.54) is 37.3 Å². The van der Waals surface area contributed by atoms with Crippen molar-refractivity contribution in [3.63, 3.8) is 0 Å². The third-order valence-corrected chi connectivity index (χ3v) is 5.14. The lowest BCUT2D eigenvalue weighted by Gasteiger charge is -2.22. The number of carbonyl (C=O) groups is 2. The van der Waals surface area contributed by atoms with E-state index in [2.05, 4.69) is 5.32 Å². The summed E-state index contributed by atoms with van der Waals surface area (Å²) in [5, 5.41) is 22.2. The minimum atomic E-state index is -0.313. The lowest BCUT2D eigenvalue weighted by atomic mass is 10.1. The second kappa shape index (κ2) is 10.9. The maximum atomic E-state index is 13.2. The smallest absolute Gasteiger partial charge is 0.251 e. The first kappa shape index (κ1) is 24.2. The van der Waals surface area contributed by atoms with Gasteiger partial charge in [-0.05, 0) is 65.7 Å². The zero-order chi connectivity index (χ0) is 24.7. The van der Waals surface area contributed by atoms with Gasteiger partial charge in [-0.3, -0.25) is 9.59 Å². The molecule has 8 nitrogen and oxygen atoms in total. The molecule has 176 valence electrons. The van der Waals surface area contributed by atoms with Crippen molar-refractivity contribution < 1.29 is 29.3 Å². The van der Waals surface area contributed by atoms with Crippen LogP contribution in [0, 0.1) is 0 Å². The first-order valence-electron chi connectivity index (χ1n) is 10.4. The lowest BCUT2D eigenvalue weighted by molar-refractivity contribution is -0.114. The molecule has 3 N–H and O–H groups in total. The number of benzene rings is 3. The molecule has 0 unspecified atom stereocenters. The van der Waals surface area contributed by atoms with E-state index in [0.717, 1.165) is 5.56 Å². The van der Waals surface area contributed by atoms with E-state index in [0.29, 0.717) is 28.3 Å². The number of hydrogen-bond donors (Lipinski definition) is 3. The number of rotatable bonds is 8. The van der Waals surface area contributed by atoms with Crippen LogP contribution < -0.4 is 19.7 Å². The number of phenolic OH excluding ortho intramolecular Hbond substituents is 2. The molecule has 0 aliphatic heterocycles. The van der Waals surface area contributed by atoms with Crippen molar-refractivity contribution in [2.45, 2.75) is 6.54 Å². The van der Waals surface area contributed by atoms with Gasteiger partial charge in [-0.2, -0.15) is 0 Å². The Kier molecular flexibility index (Phi) is 7.76. The Morgan fingerprint density at radius 2 is 1.53 bits per heavy atom. The molecule has 2 amide bonds. The predicted molar refractivity (Wildman–Crippen MR) is 129 cm³/mol. The fourth-order valence-electron chi connectivity index (χ4n) is 3.29. The summed E-state index contributed by atoms with van der Waals surface area (Å²) in [7, 11) is 4.45. The summed E-state index contributed by atoms with van der Waals surface area (Å²) < 4.78 is 10.3. The number of amides is 2. The van der Waals surface area contributed by atoms with Crippen molar-refractivity contribution in [3.8, 4) is 23.0 Å². The summed E-state index contributed by atoms with van der Waals surface area (Å²) in [5.74, 6) is 0.0602. The van der Waals surface area contributed by atoms with Crippen LogP contribution in [0.15, 0.2) is 66.7 Å². The lowest BCUT2D eigenvalue weighted by Crippen LogP contribution is -2.29. The number of hydrogen-bond acceptors (Lipinski definition) is 6. The van der Waals surface area contributed by atoms with Crippen molar-refractivity contribution in [2.75, 3.05) is 26.2 Å². The molecule has 0 saturated heterocycles. The summed E-state index contributed by atoms with van der Waals surface area (Å²) in [6, 6.07) is 16.3. The number of aromatic hydroxyl groups is 2. The van der Waals surface area contributed by atoms with Gasteiger partial charge in [0.2, 0.25) is 0 Å². The Bertz CT molecular complexity index is 1200. The monoisotopic (exact) mass is 462 g/mol. The van der Waals surface area contributed by atoms with Gasteiger partial charge in [0.15, 0.2) is 23.0 Å². The van der Waals surface area contributed by atoms with Crippen LogP contribution in [0.25, 0.3) is 6.08 Å². The molecule has 3 aromatic carbocycles. The first-order chi connectivity index (χ1) is 16.4. The molecular weight excluding hydrogens is 436 g/mol. The van der Waals surface area contributed by atoms with E-state index in [1.807, 2.05) is 0 Å². The maximum Gasteiger partial charge on any atom is 0.251 e. The second-order valence-corrected chi connectivity index (χ2v) is 7.32. The average molecular weight is 463 g/mol. The highest BCUT2D eigenvalue weighted by Gasteiger charge is 2.16. The van der Waals surface area contributed by atoms with Crippen LogP contribution in [0.3, 0.4) is 0 Å². The summed E-state index contributed by atoms with van der Waals surface area (Å²) >= 11 is 0. The molecule has 0 bridgehead atoms. The van der Waals surface area contributed by atoms with Gasteiger partial charge in [0, 0.05) is 24.4 Å². The molecule has 0 fully saturated rings. The number of nitrogens with zero attached hydrogens (tertiary/aromatic N) is 1. The molecule has 0 aromatic heterocycles. The number of phenols is 2. The van der Waals surface area contributed by atoms with Crippen molar-refractivity contribution in [1.29, 1.82) is 0 Å². The zero-order valence-electron chi connectivity index (χ0n) is 19.1. The molecule has 8 heteroatoms. The SMILES string of the molecule is CNC(=O)c1ccc(N(Cc2ccc(O)c(OC)c2)C(=O)C=Cc2ccc(O)c(OC)c2)cc1. The Hall–Kier alpha value is -4.46. The highest BCUT2D eigenvalue weighted by molar-refractivity contribution is 6.04. The predicted octanol–water partition coefficient (Wildman–Crippen LogP) is 3.72. The third kappa shape index (κ3) is 5.66. The minimum absolute atomic E-state index is 0.000214. The Morgan fingerprint density at radius 3 is 2.15 bits per heavy atom. The van der Waals surface area contributed by atoms with Gasteiger partial charge >= 0.3 is 0 Å². The van der Waals surface area contributed by atoms with Gasteiger partial charge in [0.1, 0.15) is 0 Å². The molecule has 3 rings (SSSR count). The second-order valence-electron chi connectivity index (χ2n) is 7.32. The average Bonchev–Trinajstić information content (AvgIpc) is 2.87. The van der Waals surface area contributed by atoms with Crippen molar-refractivity contribution in [3.05, 3.63) is 83.4 Å². The quantitative estimate of drug-likeness (QED) is 0.441. The minimum Gasteiger partial charge on any atom is -0.504 e. The number of nitrogens with one attached hydrogen (secondary N) is 1. The van der Waals surface area contributed by atoms with Crippen molar-refractivity contribution >= 4 is 23.6 Å². The van der Waals surface area contributed by atoms with Crippen LogP contribution in [0.5, 0.6) is 23.0 Å². The third-order valence-electron chi connectivity index (χ3n) is 5.14. The Balaban J connectivity index is 1.93. The largest absolute Gasteiger partial charge is 0.504 e. The fraction of sp³-hybridized carbons (Fsp3) is 0.154. The summed E-state index contributed by atoms with van der Waals surface area (Å²) in [6.07, 6.45) is 3.03. The van der Waals surface area contributed by atoms with E-state index in [-0.39, 0.29) is 29.9 Å². The van der Waals surface area contributed by atoms with E-state index >= 15 is 0 Å². The fourth-order valence-corrected chi connectivity index (χ4v) is 3.29. The van der Waals surface area contributed by atoms with Gasteiger partial charge < -0.3 is 29.9 Å². The van der Waals surface area contributed by atoms with Crippen LogP contribution in [0.2, 0.25) is 0 Å². The summed E-state index contributed by atoms with van der Waals surface area (Å²) in [5.41, 5.74) is 2.46. The van der Waals surface area contributed by atoms with Crippen LogP contribution in [0.4, 0.5) is 5.69 Å². The van der Waals surface area contributed by atoms with Crippen molar-refractivity contribution in [2.24, 2.45) is 0 Å². The van der Waals surface area contributed by atoms with Gasteiger partial charge in [-0.25, -0.2) is 0 Å². The van der Waals surface area contributed by atoms with Gasteiger partial charge in [0.05, 0.1) is 20.8 Å². The molecule has 0 heterocycles. The van der Waals surface area contributed by atoms with E-state index in [1.54, 1.807) is 61.7 Å². The zero-order valence-corrected chi connectivity index (χ0v) is 19.1. The molecule has 34 heavy (non-hydrogen) atoms. The van der Waals surface area contributed by atoms with Gasteiger partial charge in [0.25, 0.3) is 11.8 Å². The topological polar surface area (TPSA) is 108 Å². The molecule has 0 spiro atoms. The van der Waals surface area contributed by atoms with E-state index in [4.69, 9.17) is 9.47 Å². The number of methoxy groups -OCH3 is 2. The van der Waals surface area contributed by atoms with Gasteiger partial charge in [-0.1, -0.05) is 12.1 Å². The van der Waals surface area contributed by atoms with Crippen LogP contribution in [-0.2, 0) is 11.3 Å². The summed E-state index contributed by atoms with van der Waals surface area (Å²) in [6.45, 7) is 0.192. The molecule has 0 aliphatic rings. The molecule has 0 aliphatic carbocycles. The van der Waals surface area contributed by atoms with E-state index < -0.39 is 0 Å². The molecular formula is C26H26N2O6. The number of anilines is 1. The Labute approximate surface area is 197 Å². The normalized spacial score (nSPS) is 10.7. The summed E-state index contributed by atoms with van der Waals surface area (Å²) in [4.78, 5) is 26.7. The van der Waals surface area contributed by atoms with Crippen LogP contribution in [0.1, 0.15) is 21.5 Å². The number of carbonyl (C=O) groups excluding carboxylic acids is 2. The van der Waals surface area contributed by atoms with E-state index in [9.17, 15) is 19.8 Å². The molecule has 0 atom stereocenters. The molecule has 3 aromatic rings. The first-order valence-corrected chi connectivity index (χ1v) is 10.4. The van der Waals surface area contributed by atoms with Crippen molar-refractivity contribution in [1.82, 2.24) is 5.32 Å². The molecule has 0 saturated carbocycles. The highest BCUT2D eigenvalue weighted by atomic mass is 16.5. The Morgan fingerprint density at radius 1 is 0.912 bits per heavy atom. The molecule has 0 radical (unpaired) electrons. The standard InChI is InChI=1S/C26H26N2O6/c1-27-26(32)19-7-9-20(10-8-19)28(16-18-5-12-22(30)24(15-18)34-3)25(31)13-6-17-4-11-21(29)23(14-17)33-2/h4-15,29-30H,16H2,1-3H3,(H,27,32). The maximum absolute atomic E-state index is 13.2.